The van der Waals surface area contributed by atoms with Crippen molar-refractivity contribution in [2.45, 2.75) is 30.7 Å². The molecule has 5 heteroatoms. The van der Waals surface area contributed by atoms with Crippen LogP contribution in [0.4, 0.5) is 0 Å². The van der Waals surface area contributed by atoms with Crippen LogP contribution in [0.2, 0.25) is 0 Å². The third-order valence-corrected chi connectivity index (χ3v) is 6.19. The van der Waals surface area contributed by atoms with Gasteiger partial charge in [0.25, 0.3) is 0 Å². The van der Waals surface area contributed by atoms with Gasteiger partial charge < -0.3 is 19.5 Å². The minimum absolute atomic E-state index is 0.113. The molecule has 3 aliphatic rings. The van der Waals surface area contributed by atoms with Crippen LogP contribution in [0.1, 0.15) is 24.0 Å². The van der Waals surface area contributed by atoms with Gasteiger partial charge in [-0.25, -0.2) is 0 Å². The number of likely N-dealkylation sites (tertiary alicyclic amines) is 1. The largest absolute Gasteiger partial charge is 0.504 e. The van der Waals surface area contributed by atoms with Crippen molar-refractivity contribution < 1.29 is 19.4 Å². The fourth-order valence-corrected chi connectivity index (χ4v) is 5.09. The molecule has 0 saturated carbocycles. The van der Waals surface area contributed by atoms with Gasteiger partial charge in [0.15, 0.2) is 17.3 Å². The number of methoxy groups -OCH3 is 2. The number of phenolic OH excluding ortho intramolecular Hbond substituents is 1. The number of ketones is 1. The lowest BCUT2D eigenvalue weighted by Crippen LogP contribution is -2.62. The number of ether oxygens (including phenoxy) is 2. The Morgan fingerprint density at radius 3 is 2.79 bits per heavy atom. The molecule has 0 radical (unpaired) electrons. The van der Waals surface area contributed by atoms with Gasteiger partial charge in [-0.2, -0.15) is 0 Å². The van der Waals surface area contributed by atoms with Crippen molar-refractivity contribution in [2.75, 3.05) is 27.8 Å². The average molecular weight is 329 g/mol. The molecule has 1 N–H and O–H groups in total. The van der Waals surface area contributed by atoms with E-state index in [0.717, 1.165) is 30.5 Å². The highest BCUT2D eigenvalue weighted by atomic mass is 16.5. The van der Waals surface area contributed by atoms with Crippen molar-refractivity contribution in [1.82, 2.24) is 4.90 Å². The first-order valence-corrected chi connectivity index (χ1v) is 8.40. The number of phenols is 1. The molecule has 3 atom stereocenters. The summed E-state index contributed by atoms with van der Waals surface area (Å²) in [6.07, 6.45) is 3.90. The molecule has 0 aromatic heterocycles. The van der Waals surface area contributed by atoms with E-state index < -0.39 is 5.41 Å². The lowest BCUT2D eigenvalue weighted by atomic mass is 9.53. The zero-order valence-electron chi connectivity index (χ0n) is 14.3. The fourth-order valence-electron chi connectivity index (χ4n) is 5.09. The maximum Gasteiger partial charge on any atom is 0.164 e. The molecule has 1 heterocycles. The highest BCUT2D eigenvalue weighted by Gasteiger charge is 2.58. The summed E-state index contributed by atoms with van der Waals surface area (Å²) in [5.74, 6) is 1.34. The molecule has 0 amide bonds. The second kappa shape index (κ2) is 5.24. The van der Waals surface area contributed by atoms with Gasteiger partial charge in [0.1, 0.15) is 0 Å². The van der Waals surface area contributed by atoms with E-state index in [2.05, 4.69) is 11.9 Å². The van der Waals surface area contributed by atoms with E-state index in [1.165, 1.54) is 0 Å². The van der Waals surface area contributed by atoms with E-state index in [4.69, 9.17) is 9.47 Å². The van der Waals surface area contributed by atoms with Gasteiger partial charge in [0, 0.05) is 35.4 Å². The predicted octanol–water partition coefficient (Wildman–Crippen LogP) is 2.02. The summed E-state index contributed by atoms with van der Waals surface area (Å²) in [6.45, 7) is 0.904. The van der Waals surface area contributed by atoms with Crippen molar-refractivity contribution in [3.8, 4) is 11.5 Å². The number of aromatic hydroxyl groups is 1. The number of hydrogen-bond donors (Lipinski definition) is 1. The van der Waals surface area contributed by atoms with E-state index in [9.17, 15) is 9.90 Å². The van der Waals surface area contributed by atoms with Crippen molar-refractivity contribution in [3.05, 3.63) is 35.1 Å². The Bertz CT molecular complexity index is 741. The molecule has 1 aromatic carbocycles. The molecule has 4 rings (SSSR count). The standard InChI is InChI=1S/C19H23NO4/c1-20-7-6-19-10-12(23-2)9-14(21)17(19)13(20)8-11-4-5-15(24-3)18(22)16(11)19/h4-5,9,13,17,22H,6-8,10H2,1-3H3/t13-,17-,19-/m0/s1. The molecule has 1 aliphatic heterocycles. The minimum Gasteiger partial charge on any atom is -0.504 e. The summed E-state index contributed by atoms with van der Waals surface area (Å²) in [5.41, 5.74) is 1.61. The van der Waals surface area contributed by atoms with Crippen molar-refractivity contribution in [3.63, 3.8) is 0 Å². The van der Waals surface area contributed by atoms with Crippen molar-refractivity contribution >= 4 is 5.78 Å². The number of piperidine rings is 1. The van der Waals surface area contributed by atoms with Crippen LogP contribution >= 0.6 is 0 Å². The molecule has 5 nitrogen and oxygen atoms in total. The summed E-state index contributed by atoms with van der Waals surface area (Å²) in [4.78, 5) is 15.2. The summed E-state index contributed by atoms with van der Waals surface area (Å²) >= 11 is 0. The van der Waals surface area contributed by atoms with Crippen molar-refractivity contribution in [2.24, 2.45) is 5.92 Å². The molecule has 2 bridgehead atoms. The smallest absolute Gasteiger partial charge is 0.164 e. The monoisotopic (exact) mass is 329 g/mol. The third-order valence-electron chi connectivity index (χ3n) is 6.19. The van der Waals surface area contributed by atoms with Crippen LogP contribution in [-0.4, -0.2) is 49.6 Å². The third kappa shape index (κ3) is 1.88. The van der Waals surface area contributed by atoms with Crippen LogP contribution in [0.3, 0.4) is 0 Å². The SMILES string of the molecule is COC1=CC(=O)[C@@H]2[C@@H]3Cc4ccc(OC)c(O)c4[C@]2(CCN3C)C1. The lowest BCUT2D eigenvalue weighted by Gasteiger charge is -2.56. The van der Waals surface area contributed by atoms with Gasteiger partial charge in [-0.15, -0.1) is 0 Å². The Labute approximate surface area is 141 Å². The molecular formula is C19H23NO4. The summed E-state index contributed by atoms with van der Waals surface area (Å²) in [6, 6.07) is 4.02. The first-order chi connectivity index (χ1) is 11.5. The molecule has 128 valence electrons. The van der Waals surface area contributed by atoms with Crippen LogP contribution in [0.5, 0.6) is 11.5 Å². The quantitative estimate of drug-likeness (QED) is 0.899. The number of likely N-dealkylation sites (N-methyl/N-ethyl adjacent to an activating group) is 1. The Balaban J connectivity index is 1.98. The molecule has 0 spiro atoms. The number of nitrogens with zero attached hydrogens (tertiary/aromatic N) is 1. The van der Waals surface area contributed by atoms with E-state index in [1.54, 1.807) is 20.3 Å². The van der Waals surface area contributed by atoms with Gasteiger partial charge >= 0.3 is 0 Å². The normalized spacial score (nSPS) is 31.8. The maximum atomic E-state index is 12.9. The second-order valence-corrected chi connectivity index (χ2v) is 7.18. The van der Waals surface area contributed by atoms with E-state index >= 15 is 0 Å². The first kappa shape index (κ1) is 15.5. The van der Waals surface area contributed by atoms with E-state index in [0.29, 0.717) is 17.9 Å². The van der Waals surface area contributed by atoms with Gasteiger partial charge in [-0.1, -0.05) is 6.07 Å². The summed E-state index contributed by atoms with van der Waals surface area (Å²) < 4.78 is 10.8. The Morgan fingerprint density at radius 2 is 2.08 bits per heavy atom. The highest BCUT2D eigenvalue weighted by molar-refractivity contribution is 5.96. The highest BCUT2D eigenvalue weighted by Crippen LogP contribution is 2.57. The summed E-state index contributed by atoms with van der Waals surface area (Å²) in [7, 11) is 5.26. The molecule has 1 saturated heterocycles. The Morgan fingerprint density at radius 1 is 1.29 bits per heavy atom. The molecule has 0 unspecified atom stereocenters. The van der Waals surface area contributed by atoms with Crippen LogP contribution < -0.4 is 4.74 Å². The fraction of sp³-hybridized carbons (Fsp3) is 0.526. The Kier molecular flexibility index (Phi) is 3.39. The van der Waals surface area contributed by atoms with Gasteiger partial charge in [-0.3, -0.25) is 4.79 Å². The lowest BCUT2D eigenvalue weighted by molar-refractivity contribution is -0.128. The van der Waals surface area contributed by atoms with Crippen LogP contribution in [-0.2, 0) is 21.4 Å². The number of hydrogen-bond acceptors (Lipinski definition) is 5. The maximum absolute atomic E-state index is 12.9. The van der Waals surface area contributed by atoms with E-state index in [1.807, 2.05) is 12.1 Å². The zero-order valence-corrected chi connectivity index (χ0v) is 14.3. The average Bonchev–Trinajstić information content (AvgIpc) is 2.57. The van der Waals surface area contributed by atoms with E-state index in [-0.39, 0.29) is 23.5 Å². The van der Waals surface area contributed by atoms with Gasteiger partial charge in [-0.05, 0) is 38.1 Å². The number of rotatable bonds is 2. The summed E-state index contributed by atoms with van der Waals surface area (Å²) in [5, 5.41) is 10.9. The van der Waals surface area contributed by atoms with Crippen LogP contribution in [0.15, 0.2) is 24.0 Å². The number of carbonyl (C=O) groups is 1. The molecule has 1 fully saturated rings. The first-order valence-electron chi connectivity index (χ1n) is 8.40. The van der Waals surface area contributed by atoms with Crippen LogP contribution in [0, 0.1) is 5.92 Å². The topological polar surface area (TPSA) is 59.0 Å². The molecular weight excluding hydrogens is 306 g/mol. The number of benzene rings is 1. The molecule has 1 aromatic rings. The number of fused-ring (bicyclic) bond motifs is 1. The number of allylic oxidation sites excluding steroid dienone is 2. The number of carbonyl (C=O) groups excluding carboxylic acids is 1. The Hall–Kier alpha value is -2.01. The zero-order chi connectivity index (χ0) is 17.1. The molecule has 24 heavy (non-hydrogen) atoms. The second-order valence-electron chi connectivity index (χ2n) is 7.18. The van der Waals surface area contributed by atoms with Crippen molar-refractivity contribution in [1.29, 1.82) is 0 Å². The van der Waals surface area contributed by atoms with Crippen LogP contribution in [0.25, 0.3) is 0 Å². The van der Waals surface area contributed by atoms with Gasteiger partial charge in [0.2, 0.25) is 0 Å². The minimum atomic E-state index is -0.402. The van der Waals surface area contributed by atoms with Gasteiger partial charge in [0.05, 0.1) is 20.0 Å². The predicted molar refractivity (Wildman–Crippen MR) is 89.3 cm³/mol. The molecule has 2 aliphatic carbocycles.